The molecule has 1 unspecified atom stereocenters. The Kier molecular flexibility index (Phi) is 4.45. The average molecular weight is 332 g/mol. The quantitative estimate of drug-likeness (QED) is 0.922. The van der Waals surface area contributed by atoms with Crippen LogP contribution >= 0.6 is 15.9 Å². The molecule has 3 nitrogen and oxygen atoms in total. The topological polar surface area (TPSA) is 60.2 Å². The van der Waals surface area contributed by atoms with Crippen molar-refractivity contribution in [1.82, 2.24) is 0 Å². The predicted molar refractivity (Wildman–Crippen MR) is 76.1 cm³/mol. The second-order valence-electron chi connectivity index (χ2n) is 4.92. The first-order valence-electron chi connectivity index (χ1n) is 6.23. The van der Waals surface area contributed by atoms with Gasteiger partial charge in [-0.15, -0.1) is 0 Å². The van der Waals surface area contributed by atoms with Gasteiger partial charge in [0, 0.05) is 10.5 Å². The van der Waals surface area contributed by atoms with Crippen LogP contribution in [-0.2, 0) is 9.84 Å². The zero-order valence-corrected chi connectivity index (χ0v) is 12.6. The number of benzene rings is 1. The van der Waals surface area contributed by atoms with Crippen LogP contribution in [0.4, 0.5) is 0 Å². The number of rotatable bonds is 4. The molecule has 2 N–H and O–H groups in total. The summed E-state index contributed by atoms with van der Waals surface area (Å²) >= 11 is 3.29. The summed E-state index contributed by atoms with van der Waals surface area (Å²) in [7, 11) is -3.30. The molecule has 0 spiro atoms. The van der Waals surface area contributed by atoms with Gasteiger partial charge in [-0.2, -0.15) is 0 Å². The lowest BCUT2D eigenvalue weighted by Gasteiger charge is -2.19. The summed E-state index contributed by atoms with van der Waals surface area (Å²) in [6.45, 7) is 0. The van der Waals surface area contributed by atoms with Crippen molar-refractivity contribution in [3.05, 3.63) is 28.7 Å². The van der Waals surface area contributed by atoms with Gasteiger partial charge in [-0.05, 0) is 46.8 Å². The van der Waals surface area contributed by atoms with Crippen LogP contribution in [-0.4, -0.2) is 20.2 Å². The van der Waals surface area contributed by atoms with E-state index in [4.69, 9.17) is 5.73 Å². The van der Waals surface area contributed by atoms with Crippen molar-refractivity contribution < 1.29 is 8.42 Å². The van der Waals surface area contributed by atoms with Gasteiger partial charge in [-0.1, -0.05) is 25.0 Å². The Labute approximate surface area is 117 Å². The van der Waals surface area contributed by atoms with Crippen LogP contribution < -0.4 is 5.73 Å². The third-order valence-electron chi connectivity index (χ3n) is 3.59. The van der Waals surface area contributed by atoms with Gasteiger partial charge in [0.25, 0.3) is 0 Å². The van der Waals surface area contributed by atoms with Crippen molar-refractivity contribution in [2.75, 3.05) is 5.75 Å². The molecule has 0 saturated heterocycles. The Morgan fingerprint density at radius 2 is 1.89 bits per heavy atom. The molecule has 0 amide bonds. The van der Waals surface area contributed by atoms with Gasteiger partial charge in [-0.3, -0.25) is 0 Å². The minimum atomic E-state index is -3.30. The molecular formula is C13H18BrNO2S. The van der Waals surface area contributed by atoms with E-state index in [1.807, 2.05) is 0 Å². The molecule has 0 aromatic heterocycles. The first kappa shape index (κ1) is 14.0. The number of hydrogen-bond acceptors (Lipinski definition) is 3. The lowest BCUT2D eigenvalue weighted by molar-refractivity contribution is 0.455. The van der Waals surface area contributed by atoms with Gasteiger partial charge in [0.1, 0.15) is 0 Å². The van der Waals surface area contributed by atoms with E-state index < -0.39 is 9.84 Å². The third-order valence-corrected chi connectivity index (χ3v) is 6.39. The Balaban J connectivity index is 2.14. The van der Waals surface area contributed by atoms with Crippen LogP contribution in [0.1, 0.15) is 25.7 Å². The fourth-order valence-corrected chi connectivity index (χ4v) is 5.20. The fourth-order valence-electron chi connectivity index (χ4n) is 2.56. The summed E-state index contributed by atoms with van der Waals surface area (Å²) in [5.41, 5.74) is 6.06. The zero-order valence-electron chi connectivity index (χ0n) is 10.2. The number of sulfone groups is 1. The Bertz CT molecular complexity index is 509. The molecule has 1 atom stereocenters. The standard InChI is InChI=1S/C13H18BrNO2S/c14-11-7-3-4-8-13(11)18(16,17)9-12(15)10-5-1-2-6-10/h3-4,7-8,10,12H,1-2,5-6,9,15H2. The van der Waals surface area contributed by atoms with E-state index >= 15 is 0 Å². The minimum absolute atomic E-state index is 0.0419. The van der Waals surface area contributed by atoms with Crippen molar-refractivity contribution in [2.24, 2.45) is 11.7 Å². The molecule has 0 bridgehead atoms. The maximum atomic E-state index is 12.3. The molecule has 1 aromatic rings. The molecule has 1 saturated carbocycles. The van der Waals surface area contributed by atoms with Gasteiger partial charge in [0.05, 0.1) is 10.6 Å². The molecule has 1 aliphatic carbocycles. The van der Waals surface area contributed by atoms with Crippen LogP contribution in [0.2, 0.25) is 0 Å². The highest BCUT2D eigenvalue weighted by Gasteiger charge is 2.28. The molecule has 0 heterocycles. The number of nitrogens with two attached hydrogens (primary N) is 1. The largest absolute Gasteiger partial charge is 0.327 e. The fraction of sp³-hybridized carbons (Fsp3) is 0.538. The number of hydrogen-bond donors (Lipinski definition) is 1. The molecule has 1 fully saturated rings. The van der Waals surface area contributed by atoms with E-state index in [1.165, 1.54) is 12.8 Å². The summed E-state index contributed by atoms with van der Waals surface area (Å²) in [5, 5.41) is 0. The summed E-state index contributed by atoms with van der Waals surface area (Å²) in [6, 6.07) is 6.66. The highest BCUT2D eigenvalue weighted by atomic mass is 79.9. The first-order chi connectivity index (χ1) is 8.50. The van der Waals surface area contributed by atoms with Gasteiger partial charge in [0.2, 0.25) is 0 Å². The molecule has 0 radical (unpaired) electrons. The molecule has 100 valence electrons. The zero-order chi connectivity index (χ0) is 13.2. The van der Waals surface area contributed by atoms with E-state index in [0.29, 0.717) is 15.3 Å². The Morgan fingerprint density at radius 1 is 1.28 bits per heavy atom. The smallest absolute Gasteiger partial charge is 0.181 e. The summed E-state index contributed by atoms with van der Waals surface area (Å²) < 4.78 is 25.2. The molecule has 18 heavy (non-hydrogen) atoms. The second-order valence-corrected chi connectivity index (χ2v) is 7.78. The van der Waals surface area contributed by atoms with Crippen LogP contribution in [0.5, 0.6) is 0 Å². The van der Waals surface area contributed by atoms with Crippen molar-refractivity contribution in [3.8, 4) is 0 Å². The van der Waals surface area contributed by atoms with Crippen molar-refractivity contribution in [2.45, 2.75) is 36.6 Å². The van der Waals surface area contributed by atoms with Gasteiger partial charge in [0.15, 0.2) is 9.84 Å². The molecule has 5 heteroatoms. The van der Waals surface area contributed by atoms with Crippen LogP contribution in [0, 0.1) is 5.92 Å². The van der Waals surface area contributed by atoms with E-state index in [2.05, 4.69) is 15.9 Å². The van der Waals surface area contributed by atoms with Gasteiger partial charge >= 0.3 is 0 Å². The molecule has 1 aromatic carbocycles. The highest BCUT2D eigenvalue weighted by molar-refractivity contribution is 9.10. The SMILES string of the molecule is NC(CS(=O)(=O)c1ccccc1Br)C1CCCC1. The lowest BCUT2D eigenvalue weighted by atomic mass is 10.0. The van der Waals surface area contributed by atoms with E-state index in [9.17, 15) is 8.42 Å². The molecular weight excluding hydrogens is 314 g/mol. The monoisotopic (exact) mass is 331 g/mol. The first-order valence-corrected chi connectivity index (χ1v) is 8.68. The van der Waals surface area contributed by atoms with Crippen molar-refractivity contribution in [3.63, 3.8) is 0 Å². The molecule has 0 aliphatic heterocycles. The molecule has 1 aliphatic rings. The minimum Gasteiger partial charge on any atom is -0.327 e. The van der Waals surface area contributed by atoms with E-state index in [-0.39, 0.29) is 11.8 Å². The van der Waals surface area contributed by atoms with Crippen LogP contribution in [0.3, 0.4) is 0 Å². The highest BCUT2D eigenvalue weighted by Crippen LogP contribution is 2.29. The average Bonchev–Trinajstić information content (AvgIpc) is 2.82. The maximum Gasteiger partial charge on any atom is 0.181 e. The van der Waals surface area contributed by atoms with E-state index in [1.54, 1.807) is 24.3 Å². The van der Waals surface area contributed by atoms with Crippen LogP contribution in [0.25, 0.3) is 0 Å². The van der Waals surface area contributed by atoms with Gasteiger partial charge in [-0.25, -0.2) is 8.42 Å². The third kappa shape index (κ3) is 3.13. The van der Waals surface area contributed by atoms with Gasteiger partial charge < -0.3 is 5.73 Å². The normalized spacial score (nSPS) is 19.0. The Morgan fingerprint density at radius 3 is 2.50 bits per heavy atom. The lowest BCUT2D eigenvalue weighted by Crippen LogP contribution is -2.35. The second kappa shape index (κ2) is 5.72. The predicted octanol–water partition coefficient (Wildman–Crippen LogP) is 2.74. The molecule has 2 rings (SSSR count). The van der Waals surface area contributed by atoms with Crippen molar-refractivity contribution in [1.29, 1.82) is 0 Å². The summed E-state index contributed by atoms with van der Waals surface area (Å²) in [4.78, 5) is 0.346. The Hall–Kier alpha value is -0.390. The van der Waals surface area contributed by atoms with Crippen molar-refractivity contribution >= 4 is 25.8 Å². The maximum absolute atomic E-state index is 12.3. The summed E-state index contributed by atoms with van der Waals surface area (Å²) in [5.74, 6) is 0.405. The van der Waals surface area contributed by atoms with Crippen LogP contribution in [0.15, 0.2) is 33.6 Å². The number of halogens is 1. The van der Waals surface area contributed by atoms with E-state index in [0.717, 1.165) is 12.8 Å². The summed E-state index contributed by atoms with van der Waals surface area (Å²) in [6.07, 6.45) is 4.47.